The molecule has 3 rings (SSSR count). The van der Waals surface area contributed by atoms with Gasteiger partial charge in [-0.2, -0.15) is 0 Å². The molecule has 0 atom stereocenters. The van der Waals surface area contributed by atoms with Crippen LogP contribution in [0.5, 0.6) is 5.75 Å². The van der Waals surface area contributed by atoms with Gasteiger partial charge in [-0.3, -0.25) is 4.79 Å². The van der Waals surface area contributed by atoms with Crippen molar-refractivity contribution in [3.8, 4) is 5.75 Å². The number of nitrogens with one attached hydrogen (secondary N) is 2. The summed E-state index contributed by atoms with van der Waals surface area (Å²) in [5.41, 5.74) is 3.34. The van der Waals surface area contributed by atoms with Crippen LogP contribution in [0.2, 0.25) is 0 Å². The minimum absolute atomic E-state index is 0.134. The van der Waals surface area contributed by atoms with Gasteiger partial charge in [-0.15, -0.1) is 0 Å². The Balaban J connectivity index is 1.56. The van der Waals surface area contributed by atoms with Gasteiger partial charge in [-0.25, -0.2) is 9.97 Å². The van der Waals surface area contributed by atoms with Crippen molar-refractivity contribution >= 4 is 17.4 Å². The van der Waals surface area contributed by atoms with Crippen LogP contribution in [0, 0.1) is 6.92 Å². The summed E-state index contributed by atoms with van der Waals surface area (Å²) < 4.78 is 5.62. The Morgan fingerprint density at radius 3 is 2.50 bits per heavy atom. The van der Waals surface area contributed by atoms with Gasteiger partial charge in [-0.1, -0.05) is 29.8 Å². The number of aromatic nitrogens is 2. The standard InChI is InChI=1S/C22H24N4O2/c1-15(2)28-19-9-7-18(8-10-19)26-21-14-23-20(13-24-21)22(27)25-12-17-6-4-5-16(3)11-17/h4-11,13-15H,12H2,1-3H3,(H,24,26)(H,25,27). The maximum atomic E-state index is 12.3. The maximum Gasteiger partial charge on any atom is 0.271 e. The molecule has 144 valence electrons. The van der Waals surface area contributed by atoms with Gasteiger partial charge < -0.3 is 15.4 Å². The quantitative estimate of drug-likeness (QED) is 0.645. The topological polar surface area (TPSA) is 76.1 Å². The summed E-state index contributed by atoms with van der Waals surface area (Å²) in [6.07, 6.45) is 3.14. The van der Waals surface area contributed by atoms with E-state index in [9.17, 15) is 4.79 Å². The first-order valence-electron chi connectivity index (χ1n) is 9.19. The van der Waals surface area contributed by atoms with Crippen molar-refractivity contribution in [2.75, 3.05) is 5.32 Å². The monoisotopic (exact) mass is 376 g/mol. The van der Waals surface area contributed by atoms with Crippen molar-refractivity contribution in [1.82, 2.24) is 15.3 Å². The second-order valence-electron chi connectivity index (χ2n) is 6.77. The molecular weight excluding hydrogens is 352 g/mol. The van der Waals surface area contributed by atoms with Crippen molar-refractivity contribution in [3.05, 3.63) is 77.7 Å². The second-order valence-corrected chi connectivity index (χ2v) is 6.77. The predicted octanol–water partition coefficient (Wildman–Crippen LogP) is 4.25. The van der Waals surface area contributed by atoms with Gasteiger partial charge in [0.1, 0.15) is 17.3 Å². The number of rotatable bonds is 7. The van der Waals surface area contributed by atoms with Crippen LogP contribution >= 0.6 is 0 Å². The van der Waals surface area contributed by atoms with Gasteiger partial charge in [0, 0.05) is 12.2 Å². The molecule has 28 heavy (non-hydrogen) atoms. The summed E-state index contributed by atoms with van der Waals surface area (Å²) in [4.78, 5) is 20.7. The Morgan fingerprint density at radius 2 is 1.86 bits per heavy atom. The van der Waals surface area contributed by atoms with E-state index >= 15 is 0 Å². The van der Waals surface area contributed by atoms with Crippen molar-refractivity contribution in [1.29, 1.82) is 0 Å². The zero-order valence-corrected chi connectivity index (χ0v) is 16.3. The van der Waals surface area contributed by atoms with E-state index in [0.717, 1.165) is 22.6 Å². The van der Waals surface area contributed by atoms with Crippen molar-refractivity contribution in [2.24, 2.45) is 0 Å². The Bertz CT molecular complexity index is 922. The number of hydrogen-bond acceptors (Lipinski definition) is 5. The molecular formula is C22H24N4O2. The van der Waals surface area contributed by atoms with Gasteiger partial charge in [0.2, 0.25) is 0 Å². The SMILES string of the molecule is Cc1cccc(CNC(=O)c2cnc(Nc3ccc(OC(C)C)cc3)cn2)c1. The first-order chi connectivity index (χ1) is 13.5. The second kappa shape index (κ2) is 8.99. The molecule has 0 saturated carbocycles. The summed E-state index contributed by atoms with van der Waals surface area (Å²) in [6.45, 7) is 6.45. The van der Waals surface area contributed by atoms with Crippen LogP contribution in [0.25, 0.3) is 0 Å². The molecule has 0 saturated heterocycles. The first-order valence-corrected chi connectivity index (χ1v) is 9.19. The summed E-state index contributed by atoms with van der Waals surface area (Å²) in [5, 5.41) is 6.01. The number of anilines is 2. The maximum absolute atomic E-state index is 12.3. The van der Waals surface area contributed by atoms with E-state index in [2.05, 4.69) is 20.6 Å². The van der Waals surface area contributed by atoms with Gasteiger partial charge >= 0.3 is 0 Å². The Kier molecular flexibility index (Phi) is 6.22. The lowest BCUT2D eigenvalue weighted by atomic mass is 10.1. The predicted molar refractivity (Wildman–Crippen MR) is 110 cm³/mol. The average Bonchev–Trinajstić information content (AvgIpc) is 2.68. The van der Waals surface area contributed by atoms with Crippen LogP contribution in [-0.2, 0) is 6.54 Å². The molecule has 0 aliphatic rings. The number of carbonyl (C=O) groups excluding carboxylic acids is 1. The molecule has 2 N–H and O–H groups in total. The molecule has 1 aromatic heterocycles. The van der Waals surface area contributed by atoms with Crippen molar-refractivity contribution < 1.29 is 9.53 Å². The fourth-order valence-corrected chi connectivity index (χ4v) is 2.64. The fourth-order valence-electron chi connectivity index (χ4n) is 2.64. The molecule has 3 aromatic rings. The summed E-state index contributed by atoms with van der Waals surface area (Å²) in [6, 6.07) is 15.6. The fraction of sp³-hybridized carbons (Fsp3) is 0.227. The number of amides is 1. The van der Waals surface area contributed by atoms with Gasteiger partial charge in [-0.05, 0) is 50.6 Å². The zero-order valence-electron chi connectivity index (χ0n) is 16.3. The average molecular weight is 376 g/mol. The molecule has 1 amide bonds. The largest absolute Gasteiger partial charge is 0.491 e. The zero-order chi connectivity index (χ0) is 19.9. The lowest BCUT2D eigenvalue weighted by molar-refractivity contribution is 0.0945. The molecule has 6 nitrogen and oxygen atoms in total. The van der Waals surface area contributed by atoms with Crippen LogP contribution < -0.4 is 15.4 Å². The molecule has 6 heteroatoms. The van der Waals surface area contributed by atoms with E-state index in [1.54, 1.807) is 6.20 Å². The van der Waals surface area contributed by atoms with E-state index in [0.29, 0.717) is 12.4 Å². The number of hydrogen-bond donors (Lipinski definition) is 2. The highest BCUT2D eigenvalue weighted by atomic mass is 16.5. The van der Waals surface area contributed by atoms with Crippen molar-refractivity contribution in [2.45, 2.75) is 33.4 Å². The van der Waals surface area contributed by atoms with Gasteiger partial charge in [0.15, 0.2) is 0 Å². The first kappa shape index (κ1) is 19.4. The molecule has 0 bridgehead atoms. The van der Waals surface area contributed by atoms with Gasteiger partial charge in [0.25, 0.3) is 5.91 Å². The molecule has 0 unspecified atom stereocenters. The third-order valence-corrected chi connectivity index (χ3v) is 3.92. The molecule has 0 radical (unpaired) electrons. The minimum atomic E-state index is -0.254. The number of benzene rings is 2. The van der Waals surface area contributed by atoms with Crippen LogP contribution in [0.15, 0.2) is 60.9 Å². The molecule has 0 aliphatic carbocycles. The van der Waals surface area contributed by atoms with E-state index in [4.69, 9.17) is 4.74 Å². The summed E-state index contributed by atoms with van der Waals surface area (Å²) >= 11 is 0. The van der Waals surface area contributed by atoms with E-state index in [1.807, 2.05) is 69.3 Å². The van der Waals surface area contributed by atoms with Crippen LogP contribution in [0.1, 0.15) is 35.5 Å². The Hall–Kier alpha value is -3.41. The molecule has 0 aliphatic heterocycles. The molecule has 1 heterocycles. The van der Waals surface area contributed by atoms with Crippen LogP contribution in [0.4, 0.5) is 11.5 Å². The van der Waals surface area contributed by atoms with Crippen molar-refractivity contribution in [3.63, 3.8) is 0 Å². The lowest BCUT2D eigenvalue weighted by Crippen LogP contribution is -2.24. The highest BCUT2D eigenvalue weighted by Gasteiger charge is 2.08. The van der Waals surface area contributed by atoms with Gasteiger partial charge in [0.05, 0.1) is 18.5 Å². The Labute approximate surface area is 165 Å². The lowest BCUT2D eigenvalue weighted by Gasteiger charge is -2.11. The van der Waals surface area contributed by atoms with Crippen LogP contribution in [-0.4, -0.2) is 22.0 Å². The number of carbonyl (C=O) groups is 1. The number of aryl methyl sites for hydroxylation is 1. The third-order valence-electron chi connectivity index (χ3n) is 3.92. The van der Waals surface area contributed by atoms with E-state index < -0.39 is 0 Å². The van der Waals surface area contributed by atoms with E-state index in [1.165, 1.54) is 6.20 Å². The third kappa shape index (κ3) is 5.54. The smallest absolute Gasteiger partial charge is 0.271 e. The van der Waals surface area contributed by atoms with Crippen LogP contribution in [0.3, 0.4) is 0 Å². The highest BCUT2D eigenvalue weighted by Crippen LogP contribution is 2.19. The number of ether oxygens (including phenoxy) is 1. The molecule has 0 spiro atoms. The highest BCUT2D eigenvalue weighted by molar-refractivity contribution is 5.92. The minimum Gasteiger partial charge on any atom is -0.491 e. The molecule has 2 aromatic carbocycles. The normalized spacial score (nSPS) is 10.6. The summed E-state index contributed by atoms with van der Waals surface area (Å²) in [5.74, 6) is 1.12. The van der Waals surface area contributed by atoms with E-state index in [-0.39, 0.29) is 17.7 Å². The molecule has 0 fully saturated rings. The summed E-state index contributed by atoms with van der Waals surface area (Å²) in [7, 11) is 0. The number of nitrogens with zero attached hydrogens (tertiary/aromatic N) is 2. The Morgan fingerprint density at radius 1 is 1.07 bits per heavy atom.